The van der Waals surface area contributed by atoms with Crippen LogP contribution in [0.25, 0.3) is 17.2 Å². The van der Waals surface area contributed by atoms with E-state index in [1.165, 1.54) is 0 Å². The topological polar surface area (TPSA) is 105 Å². The lowest BCUT2D eigenvalue weighted by Crippen LogP contribution is -2.42. The number of methoxy groups -OCH3 is 1. The summed E-state index contributed by atoms with van der Waals surface area (Å²) in [5.41, 5.74) is 3.27. The molecule has 4 heterocycles. The van der Waals surface area contributed by atoms with Crippen molar-refractivity contribution < 1.29 is 14.0 Å². The molecule has 10 nitrogen and oxygen atoms in total. The van der Waals surface area contributed by atoms with Crippen LogP contribution in [-0.2, 0) is 21.6 Å². The van der Waals surface area contributed by atoms with Crippen LogP contribution in [0, 0.1) is 11.3 Å². The zero-order valence-corrected chi connectivity index (χ0v) is 21.0. The summed E-state index contributed by atoms with van der Waals surface area (Å²) in [6.07, 6.45) is 5.64. The Kier molecular flexibility index (Phi) is 6.17. The lowest BCUT2D eigenvalue weighted by atomic mass is 10.0. The van der Waals surface area contributed by atoms with E-state index in [1.54, 1.807) is 19.5 Å². The molecule has 1 aromatic carbocycles. The zero-order chi connectivity index (χ0) is 24.7. The Labute approximate surface area is 214 Å². The van der Waals surface area contributed by atoms with E-state index in [0.717, 1.165) is 82.1 Å². The number of aromatic nitrogens is 4. The van der Waals surface area contributed by atoms with Crippen molar-refractivity contribution in [1.29, 1.82) is 5.26 Å². The van der Waals surface area contributed by atoms with Gasteiger partial charge >= 0.3 is 0 Å². The quantitative estimate of drug-likeness (QED) is 0.493. The van der Waals surface area contributed by atoms with Gasteiger partial charge in [0.25, 0.3) is 5.89 Å². The first kappa shape index (κ1) is 23.4. The fourth-order valence-corrected chi connectivity index (χ4v) is 5.78. The fraction of sp³-hybridized carbons (Fsp3) is 0.520. The Morgan fingerprint density at radius 1 is 1.19 bits per heavy atom. The molecular formula is C25H28ClN7O3. The molecule has 2 aromatic heterocycles. The van der Waals surface area contributed by atoms with Crippen molar-refractivity contribution >= 4 is 17.3 Å². The van der Waals surface area contributed by atoms with Crippen molar-refractivity contribution in [2.45, 2.75) is 37.8 Å². The van der Waals surface area contributed by atoms with Gasteiger partial charge in [0.05, 0.1) is 47.4 Å². The number of morpholine rings is 1. The van der Waals surface area contributed by atoms with E-state index in [-0.39, 0.29) is 0 Å². The molecule has 36 heavy (non-hydrogen) atoms. The molecule has 1 aliphatic carbocycles. The number of rotatable bonds is 6. The highest BCUT2D eigenvalue weighted by molar-refractivity contribution is 6.32. The second-order valence-corrected chi connectivity index (χ2v) is 9.92. The number of imidazole rings is 1. The highest BCUT2D eigenvalue weighted by Gasteiger charge is 2.41. The Hall–Kier alpha value is -2.97. The van der Waals surface area contributed by atoms with Crippen molar-refractivity contribution in [3.63, 3.8) is 0 Å². The van der Waals surface area contributed by atoms with Gasteiger partial charge in [-0.3, -0.25) is 9.47 Å². The van der Waals surface area contributed by atoms with Crippen LogP contribution in [0.1, 0.15) is 42.8 Å². The van der Waals surface area contributed by atoms with E-state index in [0.29, 0.717) is 34.5 Å². The third-order valence-corrected chi connectivity index (χ3v) is 7.93. The first-order valence-corrected chi connectivity index (χ1v) is 12.8. The second kappa shape index (κ2) is 9.48. The minimum absolute atomic E-state index is 0.445. The van der Waals surface area contributed by atoms with Gasteiger partial charge in [-0.1, -0.05) is 16.8 Å². The minimum atomic E-state index is -0.514. The third kappa shape index (κ3) is 3.87. The summed E-state index contributed by atoms with van der Waals surface area (Å²) in [6.45, 7) is 5.41. The lowest BCUT2D eigenvalue weighted by Gasteiger charge is -2.35. The molecule has 3 aliphatic rings. The van der Waals surface area contributed by atoms with Gasteiger partial charge in [-0.25, -0.2) is 4.98 Å². The molecule has 2 aliphatic heterocycles. The highest BCUT2D eigenvalue weighted by atomic mass is 35.5. The maximum absolute atomic E-state index is 9.94. The van der Waals surface area contributed by atoms with Crippen LogP contribution in [0.15, 0.2) is 23.0 Å². The van der Waals surface area contributed by atoms with Crippen LogP contribution in [0.4, 0.5) is 5.69 Å². The minimum Gasteiger partial charge on any atom is -0.379 e. The number of hydrogen-bond acceptors (Lipinski definition) is 9. The summed E-state index contributed by atoms with van der Waals surface area (Å²) in [6, 6.07) is 6.02. The molecule has 1 saturated heterocycles. The average molecular weight is 510 g/mol. The molecular weight excluding hydrogens is 482 g/mol. The highest BCUT2D eigenvalue weighted by Crippen LogP contribution is 2.43. The van der Waals surface area contributed by atoms with Gasteiger partial charge in [0.15, 0.2) is 0 Å². The summed E-state index contributed by atoms with van der Waals surface area (Å²) < 4.78 is 19.0. The lowest BCUT2D eigenvalue weighted by molar-refractivity contribution is -0.0342. The van der Waals surface area contributed by atoms with Crippen LogP contribution in [0.5, 0.6) is 0 Å². The van der Waals surface area contributed by atoms with E-state index in [2.05, 4.69) is 26.0 Å². The number of nitriles is 1. The molecule has 0 spiro atoms. The summed E-state index contributed by atoms with van der Waals surface area (Å²) in [7, 11) is 1.70. The molecule has 3 aromatic rings. The van der Waals surface area contributed by atoms with Crippen LogP contribution in [-0.4, -0.2) is 71.1 Å². The molecule has 11 heteroatoms. The Balaban J connectivity index is 1.37. The SMILES string of the molecule is COC1(c2nc(-c3ncn4c3CN(CCN3CCOCC3)c3c-4ccc(Cl)c3C#N)no2)CCCC1. The average Bonchev–Trinajstić information content (AvgIpc) is 3.67. The molecule has 0 N–H and O–H groups in total. The van der Waals surface area contributed by atoms with Crippen molar-refractivity contribution in [2.24, 2.45) is 0 Å². The molecule has 0 radical (unpaired) electrons. The van der Waals surface area contributed by atoms with Crippen LogP contribution < -0.4 is 4.90 Å². The molecule has 0 atom stereocenters. The maximum Gasteiger partial charge on any atom is 0.259 e. The number of ether oxygens (including phenoxy) is 2. The van der Waals surface area contributed by atoms with Crippen LogP contribution in [0.3, 0.4) is 0 Å². The standard InChI is InChI=1S/C25H28ClN7O3/c1-34-25(6-2-3-7-25)24-29-23(30-36-24)21-20-15-32(9-8-31-10-12-35-13-11-31)22-17(14-27)18(26)4-5-19(22)33(20)16-28-21/h4-5,16H,2-3,6-13,15H2,1H3. The van der Waals surface area contributed by atoms with E-state index < -0.39 is 5.60 Å². The summed E-state index contributed by atoms with van der Waals surface area (Å²) in [5, 5.41) is 14.7. The molecule has 0 bridgehead atoms. The first-order valence-electron chi connectivity index (χ1n) is 12.4. The van der Waals surface area contributed by atoms with Gasteiger partial charge in [-0.2, -0.15) is 10.2 Å². The third-order valence-electron chi connectivity index (χ3n) is 7.62. The molecule has 0 amide bonds. The van der Waals surface area contributed by atoms with Gasteiger partial charge in [0, 0.05) is 33.3 Å². The van der Waals surface area contributed by atoms with Crippen LogP contribution in [0.2, 0.25) is 5.02 Å². The normalized spacial score (nSPS) is 19.2. The second-order valence-electron chi connectivity index (χ2n) is 9.52. The van der Waals surface area contributed by atoms with E-state index in [9.17, 15) is 5.26 Å². The molecule has 188 valence electrons. The number of hydrogen-bond donors (Lipinski definition) is 0. The summed E-state index contributed by atoms with van der Waals surface area (Å²) in [5.74, 6) is 0.964. The Morgan fingerprint density at radius 3 is 2.75 bits per heavy atom. The predicted molar refractivity (Wildman–Crippen MR) is 132 cm³/mol. The van der Waals surface area contributed by atoms with Crippen molar-refractivity contribution in [1.82, 2.24) is 24.6 Å². The smallest absolute Gasteiger partial charge is 0.259 e. The van der Waals surface area contributed by atoms with Gasteiger partial charge in [0.2, 0.25) is 5.82 Å². The van der Waals surface area contributed by atoms with E-state index in [4.69, 9.17) is 30.6 Å². The fourth-order valence-electron chi connectivity index (χ4n) is 5.59. The van der Waals surface area contributed by atoms with Crippen molar-refractivity contribution in [3.8, 4) is 23.3 Å². The predicted octanol–water partition coefficient (Wildman–Crippen LogP) is 3.52. The van der Waals surface area contributed by atoms with E-state index in [1.807, 2.05) is 10.6 Å². The maximum atomic E-state index is 9.94. The largest absolute Gasteiger partial charge is 0.379 e. The zero-order valence-electron chi connectivity index (χ0n) is 20.2. The molecule has 0 unspecified atom stereocenters. The van der Waals surface area contributed by atoms with Crippen molar-refractivity contribution in [3.05, 3.63) is 40.6 Å². The van der Waals surface area contributed by atoms with Crippen LogP contribution >= 0.6 is 11.6 Å². The van der Waals surface area contributed by atoms with E-state index >= 15 is 0 Å². The molecule has 2 fully saturated rings. The van der Waals surface area contributed by atoms with Gasteiger partial charge in [-0.15, -0.1) is 0 Å². The summed E-state index contributed by atoms with van der Waals surface area (Å²) >= 11 is 6.45. The molecule has 6 rings (SSSR count). The van der Waals surface area contributed by atoms with Gasteiger partial charge in [-0.05, 0) is 37.8 Å². The number of benzene rings is 1. The Bertz CT molecular complexity index is 1300. The van der Waals surface area contributed by atoms with Crippen molar-refractivity contribution in [2.75, 3.05) is 51.4 Å². The number of nitrogens with zero attached hydrogens (tertiary/aromatic N) is 7. The first-order chi connectivity index (χ1) is 17.6. The number of fused-ring (bicyclic) bond motifs is 3. The monoisotopic (exact) mass is 509 g/mol. The Morgan fingerprint density at radius 2 is 2.00 bits per heavy atom. The van der Waals surface area contributed by atoms with Gasteiger partial charge in [0.1, 0.15) is 23.7 Å². The molecule has 1 saturated carbocycles. The number of halogens is 1. The van der Waals surface area contributed by atoms with Gasteiger partial charge < -0.3 is 18.9 Å². The summed E-state index contributed by atoms with van der Waals surface area (Å²) in [4.78, 5) is 14.0. The number of anilines is 1.